The zero-order chi connectivity index (χ0) is 26.1. The summed E-state index contributed by atoms with van der Waals surface area (Å²) in [4.78, 5) is 26.3. The van der Waals surface area contributed by atoms with Crippen LogP contribution in [-0.2, 0) is 10.3 Å². The van der Waals surface area contributed by atoms with Crippen molar-refractivity contribution in [3.63, 3.8) is 0 Å². The number of aromatic nitrogens is 1. The van der Waals surface area contributed by atoms with E-state index in [9.17, 15) is 9.59 Å². The second kappa shape index (κ2) is 12.0. The molecule has 0 bridgehead atoms. The molecule has 0 aliphatic carbocycles. The molecule has 0 aliphatic heterocycles. The maximum atomic E-state index is 11.2. The van der Waals surface area contributed by atoms with Gasteiger partial charge in [0, 0.05) is 12.1 Å². The van der Waals surface area contributed by atoms with E-state index >= 15 is 0 Å². The number of methoxy groups -OCH3 is 2. The largest absolute Gasteiger partial charge is 0.497 e. The van der Waals surface area contributed by atoms with Crippen molar-refractivity contribution >= 4 is 12.6 Å². The minimum atomic E-state index is -0.969. The summed E-state index contributed by atoms with van der Waals surface area (Å²) < 4.78 is 23.3. The van der Waals surface area contributed by atoms with Crippen molar-refractivity contribution < 1.29 is 28.5 Å². The third-order valence-electron chi connectivity index (χ3n) is 5.92. The summed E-state index contributed by atoms with van der Waals surface area (Å²) in [5.74, 6) is 1.83. The van der Waals surface area contributed by atoms with Gasteiger partial charge in [0.25, 0.3) is 0 Å². The van der Waals surface area contributed by atoms with Crippen molar-refractivity contribution in [2.24, 2.45) is 0 Å². The molecule has 0 radical (unpaired) electrons. The van der Waals surface area contributed by atoms with Crippen LogP contribution in [0.1, 0.15) is 37.7 Å². The van der Waals surface area contributed by atoms with Crippen LogP contribution in [-0.4, -0.2) is 45.0 Å². The number of hydrogen-bond donors (Lipinski definition) is 0. The third kappa shape index (κ3) is 5.68. The van der Waals surface area contributed by atoms with Gasteiger partial charge in [-0.2, -0.15) is 0 Å². The summed E-state index contributed by atoms with van der Waals surface area (Å²) in [5, 5.41) is 0. The Morgan fingerprint density at radius 3 is 1.59 bits per heavy atom. The van der Waals surface area contributed by atoms with Crippen LogP contribution < -0.4 is 14.2 Å². The van der Waals surface area contributed by atoms with Crippen molar-refractivity contribution in [2.75, 3.05) is 27.4 Å². The summed E-state index contributed by atoms with van der Waals surface area (Å²) in [6.45, 7) is 0.365. The first-order chi connectivity index (χ1) is 18.1. The van der Waals surface area contributed by atoms with Gasteiger partial charge in [0.1, 0.15) is 40.8 Å². The first-order valence-corrected chi connectivity index (χ1v) is 11.7. The molecule has 7 nitrogen and oxygen atoms in total. The first-order valence-electron chi connectivity index (χ1n) is 11.7. The maximum absolute atomic E-state index is 11.2. The van der Waals surface area contributed by atoms with Crippen LogP contribution in [0.3, 0.4) is 0 Å². The van der Waals surface area contributed by atoms with E-state index in [0.717, 1.165) is 28.2 Å². The molecular weight excluding hydrogens is 470 g/mol. The Morgan fingerprint density at radius 2 is 1.14 bits per heavy atom. The molecule has 188 valence electrons. The lowest BCUT2D eigenvalue weighted by Gasteiger charge is -2.36. The highest BCUT2D eigenvalue weighted by Crippen LogP contribution is 2.41. The van der Waals surface area contributed by atoms with Crippen LogP contribution in [0.2, 0.25) is 0 Å². The Balaban J connectivity index is 1.71. The van der Waals surface area contributed by atoms with E-state index in [1.807, 2.05) is 78.9 Å². The standard InChI is InChI=1S/C30H27NO6/c1-34-27-12-8-23(9-13-27)30(22-6-4-3-5-7-22,24-10-14-28(35-2)15-11-24)37-17-16-36-29-18-25(20-32)31-26(19-29)21-33/h3-15,18-21H,16-17H2,1-2H3. The lowest BCUT2D eigenvalue weighted by Crippen LogP contribution is -2.34. The van der Waals surface area contributed by atoms with Gasteiger partial charge >= 0.3 is 0 Å². The summed E-state index contributed by atoms with van der Waals surface area (Å²) in [6, 6.07) is 28.4. The van der Waals surface area contributed by atoms with E-state index in [-0.39, 0.29) is 24.6 Å². The number of benzene rings is 3. The van der Waals surface area contributed by atoms with Crippen LogP contribution in [0.5, 0.6) is 17.2 Å². The van der Waals surface area contributed by atoms with Crippen LogP contribution >= 0.6 is 0 Å². The minimum Gasteiger partial charge on any atom is -0.497 e. The van der Waals surface area contributed by atoms with Gasteiger partial charge in [-0.3, -0.25) is 9.59 Å². The quantitative estimate of drug-likeness (QED) is 0.153. The van der Waals surface area contributed by atoms with Crippen molar-refractivity contribution in [1.82, 2.24) is 4.98 Å². The average molecular weight is 498 g/mol. The monoisotopic (exact) mass is 497 g/mol. The fraction of sp³-hybridized carbons (Fsp3) is 0.167. The minimum absolute atomic E-state index is 0.121. The lowest BCUT2D eigenvalue weighted by molar-refractivity contribution is -0.00246. The van der Waals surface area contributed by atoms with Gasteiger partial charge in [-0.1, -0.05) is 54.6 Å². The number of aldehydes is 2. The number of nitrogens with zero attached hydrogens (tertiary/aromatic N) is 1. The highest BCUT2D eigenvalue weighted by molar-refractivity contribution is 5.78. The molecule has 0 amide bonds. The molecule has 0 saturated carbocycles. The molecule has 0 N–H and O–H groups in total. The zero-order valence-electron chi connectivity index (χ0n) is 20.6. The molecule has 0 spiro atoms. The Bertz CT molecular complexity index is 1250. The van der Waals surface area contributed by atoms with Crippen molar-refractivity contribution in [3.8, 4) is 17.2 Å². The van der Waals surface area contributed by atoms with Gasteiger partial charge < -0.3 is 18.9 Å². The molecule has 0 saturated heterocycles. The molecule has 1 heterocycles. The van der Waals surface area contributed by atoms with Crippen LogP contribution in [0.4, 0.5) is 0 Å². The van der Waals surface area contributed by atoms with Crippen LogP contribution in [0.25, 0.3) is 0 Å². The fourth-order valence-electron chi connectivity index (χ4n) is 4.18. The summed E-state index contributed by atoms with van der Waals surface area (Å²) in [6.07, 6.45) is 1.15. The molecule has 4 rings (SSSR count). The number of rotatable bonds is 12. The van der Waals surface area contributed by atoms with Crippen LogP contribution in [0.15, 0.2) is 91.0 Å². The highest BCUT2D eigenvalue weighted by Gasteiger charge is 2.37. The molecule has 0 aliphatic rings. The van der Waals surface area contributed by atoms with Gasteiger partial charge in [-0.15, -0.1) is 0 Å². The maximum Gasteiger partial charge on any atom is 0.168 e. The predicted octanol–water partition coefficient (Wildman–Crippen LogP) is 5.11. The Kier molecular flexibility index (Phi) is 8.28. The predicted molar refractivity (Wildman–Crippen MR) is 139 cm³/mol. The lowest BCUT2D eigenvalue weighted by atomic mass is 9.80. The first kappa shape index (κ1) is 25.6. The van der Waals surface area contributed by atoms with Crippen molar-refractivity contribution in [3.05, 3.63) is 119 Å². The SMILES string of the molecule is COc1ccc(C(OCCOc2cc(C=O)nc(C=O)c2)(c2ccccc2)c2ccc(OC)cc2)cc1. The average Bonchev–Trinajstić information content (AvgIpc) is 2.98. The number of ether oxygens (including phenoxy) is 4. The Hall–Kier alpha value is -4.49. The number of pyridine rings is 1. The third-order valence-corrected chi connectivity index (χ3v) is 5.92. The molecule has 1 aromatic heterocycles. The molecular formula is C30H27NO6. The molecule has 0 atom stereocenters. The Labute approximate surface area is 215 Å². The van der Waals surface area contributed by atoms with E-state index in [0.29, 0.717) is 18.3 Å². The molecule has 4 aromatic rings. The molecule has 37 heavy (non-hydrogen) atoms. The van der Waals surface area contributed by atoms with E-state index in [1.165, 1.54) is 12.1 Å². The molecule has 0 unspecified atom stereocenters. The van der Waals surface area contributed by atoms with Gasteiger partial charge in [-0.05, 0) is 41.0 Å². The molecule has 7 heteroatoms. The molecule has 0 fully saturated rings. The smallest absolute Gasteiger partial charge is 0.168 e. The van der Waals surface area contributed by atoms with Gasteiger partial charge in [0.05, 0.1) is 20.8 Å². The normalized spacial score (nSPS) is 11.0. The van der Waals surface area contributed by atoms with Crippen molar-refractivity contribution in [1.29, 1.82) is 0 Å². The van der Waals surface area contributed by atoms with Crippen molar-refractivity contribution in [2.45, 2.75) is 5.60 Å². The number of hydrogen-bond acceptors (Lipinski definition) is 7. The molecule has 3 aromatic carbocycles. The van der Waals surface area contributed by atoms with Gasteiger partial charge in [0.15, 0.2) is 12.6 Å². The van der Waals surface area contributed by atoms with E-state index < -0.39 is 5.60 Å². The number of carbonyl (C=O) groups is 2. The topological polar surface area (TPSA) is 84.0 Å². The fourth-order valence-corrected chi connectivity index (χ4v) is 4.18. The zero-order valence-corrected chi connectivity index (χ0v) is 20.6. The van der Waals surface area contributed by atoms with Gasteiger partial charge in [-0.25, -0.2) is 4.98 Å². The van der Waals surface area contributed by atoms with E-state index in [2.05, 4.69) is 4.98 Å². The van der Waals surface area contributed by atoms with Crippen LogP contribution in [0, 0.1) is 0 Å². The van der Waals surface area contributed by atoms with E-state index in [1.54, 1.807) is 14.2 Å². The summed E-state index contributed by atoms with van der Waals surface area (Å²) >= 11 is 0. The summed E-state index contributed by atoms with van der Waals surface area (Å²) in [5.41, 5.74) is 2.01. The Morgan fingerprint density at radius 1 is 0.649 bits per heavy atom. The van der Waals surface area contributed by atoms with E-state index in [4.69, 9.17) is 18.9 Å². The summed E-state index contributed by atoms with van der Waals surface area (Å²) in [7, 11) is 3.25. The van der Waals surface area contributed by atoms with Gasteiger partial charge in [0.2, 0.25) is 0 Å². The number of carbonyl (C=O) groups excluding carboxylic acids is 2. The second-order valence-electron chi connectivity index (χ2n) is 8.09. The second-order valence-corrected chi connectivity index (χ2v) is 8.09. The highest BCUT2D eigenvalue weighted by atomic mass is 16.5.